The average molecular weight is 191 g/mol. The lowest BCUT2D eigenvalue weighted by molar-refractivity contribution is -0.121. The third-order valence-electron chi connectivity index (χ3n) is 2.36. The van der Waals surface area contributed by atoms with E-state index in [0.717, 1.165) is 5.56 Å². The maximum absolute atomic E-state index is 11.6. The van der Waals surface area contributed by atoms with E-state index in [-0.39, 0.29) is 11.7 Å². The molecule has 0 heterocycles. The molecule has 0 aliphatic heterocycles. The van der Waals surface area contributed by atoms with Crippen LogP contribution in [0, 0.1) is 12.8 Å². The van der Waals surface area contributed by atoms with Crippen molar-refractivity contribution in [3.05, 3.63) is 35.4 Å². The molecule has 76 valence electrons. The summed E-state index contributed by atoms with van der Waals surface area (Å²) in [7, 11) is 0. The van der Waals surface area contributed by atoms with Crippen molar-refractivity contribution in [1.29, 1.82) is 0 Å². The van der Waals surface area contributed by atoms with Gasteiger partial charge in [-0.05, 0) is 12.5 Å². The number of rotatable bonds is 4. The fourth-order valence-corrected chi connectivity index (χ4v) is 1.33. The van der Waals surface area contributed by atoms with Crippen molar-refractivity contribution in [3.63, 3.8) is 0 Å². The van der Waals surface area contributed by atoms with Gasteiger partial charge in [0.05, 0.1) is 0 Å². The first-order valence-electron chi connectivity index (χ1n) is 4.92. The fraction of sp³-hybridized carbons (Fsp3) is 0.417. The van der Waals surface area contributed by atoms with E-state index in [9.17, 15) is 4.79 Å². The van der Waals surface area contributed by atoms with Crippen molar-refractivity contribution in [2.24, 2.45) is 11.7 Å². The highest BCUT2D eigenvalue weighted by molar-refractivity contribution is 5.83. The Bertz CT molecular complexity index is 320. The highest BCUT2D eigenvalue weighted by Gasteiger charge is 2.11. The lowest BCUT2D eigenvalue weighted by atomic mass is 9.99. The van der Waals surface area contributed by atoms with Crippen LogP contribution >= 0.6 is 0 Å². The van der Waals surface area contributed by atoms with Crippen molar-refractivity contribution >= 4 is 5.78 Å². The molecule has 0 amide bonds. The summed E-state index contributed by atoms with van der Waals surface area (Å²) in [4.78, 5) is 11.6. The summed E-state index contributed by atoms with van der Waals surface area (Å²) in [5.41, 5.74) is 7.71. The second-order valence-corrected chi connectivity index (χ2v) is 3.77. The highest BCUT2D eigenvalue weighted by Crippen LogP contribution is 2.07. The molecule has 1 unspecified atom stereocenters. The van der Waals surface area contributed by atoms with Gasteiger partial charge in [-0.25, -0.2) is 0 Å². The Balaban J connectivity index is 2.65. The molecule has 0 radical (unpaired) electrons. The smallest absolute Gasteiger partial charge is 0.141 e. The zero-order valence-electron chi connectivity index (χ0n) is 8.79. The minimum absolute atomic E-state index is 0.0319. The zero-order valence-corrected chi connectivity index (χ0v) is 8.79. The van der Waals surface area contributed by atoms with Crippen molar-refractivity contribution in [3.8, 4) is 0 Å². The lowest BCUT2D eigenvalue weighted by Gasteiger charge is -2.07. The van der Waals surface area contributed by atoms with Crippen molar-refractivity contribution < 1.29 is 4.79 Å². The van der Waals surface area contributed by atoms with Crippen LogP contribution in [0.4, 0.5) is 0 Å². The average Bonchev–Trinajstić information content (AvgIpc) is 2.16. The number of Topliss-reactive ketones (excluding diaryl/α,β-unsaturated/α-hetero) is 1. The number of aryl methyl sites for hydroxylation is 1. The summed E-state index contributed by atoms with van der Waals surface area (Å²) in [5, 5.41) is 0. The molecular weight excluding hydrogens is 174 g/mol. The number of hydrogen-bond donors (Lipinski definition) is 1. The van der Waals surface area contributed by atoms with Crippen LogP contribution in [-0.4, -0.2) is 12.3 Å². The summed E-state index contributed by atoms with van der Waals surface area (Å²) in [6, 6.07) is 8.03. The van der Waals surface area contributed by atoms with Crippen LogP contribution in [0.2, 0.25) is 0 Å². The summed E-state index contributed by atoms with van der Waals surface area (Å²) in [6.07, 6.45) is 0.500. The first kappa shape index (κ1) is 10.9. The van der Waals surface area contributed by atoms with E-state index >= 15 is 0 Å². The Morgan fingerprint density at radius 3 is 2.79 bits per heavy atom. The van der Waals surface area contributed by atoms with Gasteiger partial charge >= 0.3 is 0 Å². The molecule has 2 N–H and O–H groups in total. The normalized spacial score (nSPS) is 12.5. The number of ketones is 1. The van der Waals surface area contributed by atoms with Gasteiger partial charge in [0.2, 0.25) is 0 Å². The second-order valence-electron chi connectivity index (χ2n) is 3.77. The lowest BCUT2D eigenvalue weighted by Crippen LogP contribution is -2.22. The number of hydrogen-bond acceptors (Lipinski definition) is 2. The van der Waals surface area contributed by atoms with Crippen LogP contribution in [0.5, 0.6) is 0 Å². The van der Waals surface area contributed by atoms with E-state index in [1.807, 2.05) is 38.1 Å². The van der Waals surface area contributed by atoms with Crippen LogP contribution in [0.25, 0.3) is 0 Å². The molecule has 0 bridgehead atoms. The molecule has 14 heavy (non-hydrogen) atoms. The van der Waals surface area contributed by atoms with E-state index < -0.39 is 0 Å². The summed E-state index contributed by atoms with van der Waals surface area (Å²) in [6.45, 7) is 4.34. The van der Waals surface area contributed by atoms with Gasteiger partial charge in [-0.1, -0.05) is 36.8 Å². The molecular formula is C12H17NO. The van der Waals surface area contributed by atoms with Crippen LogP contribution in [-0.2, 0) is 11.2 Å². The molecule has 1 rings (SSSR count). The van der Waals surface area contributed by atoms with E-state index in [4.69, 9.17) is 5.73 Å². The van der Waals surface area contributed by atoms with Crippen LogP contribution in [0.1, 0.15) is 18.1 Å². The Morgan fingerprint density at radius 2 is 2.21 bits per heavy atom. The van der Waals surface area contributed by atoms with Gasteiger partial charge in [0.1, 0.15) is 5.78 Å². The predicted molar refractivity (Wildman–Crippen MR) is 58.1 cm³/mol. The van der Waals surface area contributed by atoms with Gasteiger partial charge in [-0.2, -0.15) is 0 Å². The zero-order chi connectivity index (χ0) is 10.6. The van der Waals surface area contributed by atoms with Gasteiger partial charge < -0.3 is 5.73 Å². The molecule has 0 saturated carbocycles. The van der Waals surface area contributed by atoms with Crippen molar-refractivity contribution in [2.75, 3.05) is 6.54 Å². The van der Waals surface area contributed by atoms with E-state index in [2.05, 4.69) is 0 Å². The largest absolute Gasteiger partial charge is 0.330 e. The van der Waals surface area contributed by atoms with Gasteiger partial charge in [-0.15, -0.1) is 0 Å². The second kappa shape index (κ2) is 4.91. The van der Waals surface area contributed by atoms with Crippen LogP contribution in [0.15, 0.2) is 24.3 Å². The number of carbonyl (C=O) groups is 1. The molecule has 2 nitrogen and oxygen atoms in total. The number of carbonyl (C=O) groups excluding carboxylic acids is 1. The maximum Gasteiger partial charge on any atom is 0.141 e. The monoisotopic (exact) mass is 191 g/mol. The third-order valence-corrected chi connectivity index (χ3v) is 2.36. The van der Waals surface area contributed by atoms with Crippen molar-refractivity contribution in [2.45, 2.75) is 20.3 Å². The van der Waals surface area contributed by atoms with Crippen LogP contribution < -0.4 is 5.73 Å². The first-order chi connectivity index (χ1) is 6.63. The molecule has 0 fully saturated rings. The highest BCUT2D eigenvalue weighted by atomic mass is 16.1. The predicted octanol–water partition coefficient (Wildman–Crippen LogP) is 1.70. The first-order valence-corrected chi connectivity index (χ1v) is 4.92. The molecule has 0 aromatic heterocycles. The van der Waals surface area contributed by atoms with Crippen molar-refractivity contribution in [1.82, 2.24) is 0 Å². The van der Waals surface area contributed by atoms with E-state index in [1.54, 1.807) is 0 Å². The van der Waals surface area contributed by atoms with Gasteiger partial charge in [-0.3, -0.25) is 4.79 Å². The van der Waals surface area contributed by atoms with E-state index in [0.29, 0.717) is 13.0 Å². The molecule has 0 aliphatic rings. The molecule has 0 aliphatic carbocycles. The summed E-state index contributed by atoms with van der Waals surface area (Å²) in [5.74, 6) is 0.189. The number of benzene rings is 1. The SMILES string of the molecule is Cc1cccc(CC(=O)C(C)CN)c1. The molecule has 1 aromatic carbocycles. The molecule has 1 aromatic rings. The summed E-state index contributed by atoms with van der Waals surface area (Å²) >= 11 is 0. The minimum atomic E-state index is -0.0319. The number of nitrogens with two attached hydrogens (primary N) is 1. The Morgan fingerprint density at radius 1 is 1.50 bits per heavy atom. The fourth-order valence-electron chi connectivity index (χ4n) is 1.33. The Kier molecular flexibility index (Phi) is 3.84. The van der Waals surface area contributed by atoms with Crippen LogP contribution in [0.3, 0.4) is 0 Å². The van der Waals surface area contributed by atoms with Gasteiger partial charge in [0.25, 0.3) is 0 Å². The standard InChI is InChI=1S/C12H17NO/c1-9-4-3-5-11(6-9)7-12(14)10(2)8-13/h3-6,10H,7-8,13H2,1-2H3. The quantitative estimate of drug-likeness (QED) is 0.787. The molecule has 1 atom stereocenters. The third kappa shape index (κ3) is 2.96. The summed E-state index contributed by atoms with van der Waals surface area (Å²) < 4.78 is 0. The molecule has 0 saturated heterocycles. The molecule has 2 heteroatoms. The molecule has 0 spiro atoms. The Labute approximate surface area is 85.1 Å². The van der Waals surface area contributed by atoms with Gasteiger partial charge in [0.15, 0.2) is 0 Å². The van der Waals surface area contributed by atoms with Gasteiger partial charge in [0, 0.05) is 18.9 Å². The van der Waals surface area contributed by atoms with E-state index in [1.165, 1.54) is 5.56 Å². The minimum Gasteiger partial charge on any atom is -0.330 e. The topological polar surface area (TPSA) is 43.1 Å². The maximum atomic E-state index is 11.6. The Hall–Kier alpha value is -1.15.